The van der Waals surface area contributed by atoms with Crippen LogP contribution >= 0.6 is 0 Å². The molecular formula is C16H26N2. The van der Waals surface area contributed by atoms with Crippen LogP contribution in [-0.4, -0.2) is 19.6 Å². The zero-order valence-electron chi connectivity index (χ0n) is 11.7. The third-order valence-electron chi connectivity index (χ3n) is 4.43. The molecule has 1 atom stereocenters. The first kappa shape index (κ1) is 13.4. The van der Waals surface area contributed by atoms with Gasteiger partial charge in [0.2, 0.25) is 0 Å². The Morgan fingerprint density at radius 2 is 1.83 bits per heavy atom. The maximum absolute atomic E-state index is 6.01. The molecule has 1 aliphatic rings. The summed E-state index contributed by atoms with van der Waals surface area (Å²) >= 11 is 0. The van der Waals surface area contributed by atoms with Gasteiger partial charge in [-0.25, -0.2) is 0 Å². The van der Waals surface area contributed by atoms with Crippen LogP contribution in [0.5, 0.6) is 0 Å². The van der Waals surface area contributed by atoms with Crippen LogP contribution in [-0.2, 0) is 6.42 Å². The number of nitrogens with zero attached hydrogens (tertiary/aromatic N) is 1. The van der Waals surface area contributed by atoms with Crippen LogP contribution in [0.2, 0.25) is 0 Å². The summed E-state index contributed by atoms with van der Waals surface area (Å²) in [6.45, 7) is 2.95. The molecule has 18 heavy (non-hydrogen) atoms. The van der Waals surface area contributed by atoms with E-state index in [-0.39, 0.29) is 0 Å². The van der Waals surface area contributed by atoms with Crippen LogP contribution in [0, 0.1) is 5.92 Å². The molecule has 1 aromatic carbocycles. The summed E-state index contributed by atoms with van der Waals surface area (Å²) in [6, 6.07) is 9.43. The van der Waals surface area contributed by atoms with E-state index in [9.17, 15) is 0 Å². The largest absolute Gasteiger partial charge is 0.370 e. The SMILES string of the molecule is CCc1ccc(N(C)C(CN)C2CCCC2)cc1. The lowest BCUT2D eigenvalue weighted by Crippen LogP contribution is -2.42. The zero-order chi connectivity index (χ0) is 13.0. The van der Waals surface area contributed by atoms with Gasteiger partial charge in [0.05, 0.1) is 0 Å². The van der Waals surface area contributed by atoms with E-state index < -0.39 is 0 Å². The van der Waals surface area contributed by atoms with E-state index in [1.165, 1.54) is 36.9 Å². The molecule has 1 aromatic rings. The molecule has 2 rings (SSSR count). The van der Waals surface area contributed by atoms with E-state index in [0.717, 1.165) is 18.9 Å². The Balaban J connectivity index is 2.09. The van der Waals surface area contributed by atoms with E-state index >= 15 is 0 Å². The predicted octanol–water partition coefficient (Wildman–Crippen LogP) is 3.20. The number of nitrogens with two attached hydrogens (primary N) is 1. The van der Waals surface area contributed by atoms with Crippen LogP contribution in [0.25, 0.3) is 0 Å². The summed E-state index contributed by atoms with van der Waals surface area (Å²) in [5.74, 6) is 0.783. The Bertz CT molecular complexity index is 352. The quantitative estimate of drug-likeness (QED) is 0.864. The molecule has 0 saturated heterocycles. The molecule has 1 aliphatic carbocycles. The number of aryl methyl sites for hydroxylation is 1. The summed E-state index contributed by atoms with van der Waals surface area (Å²) in [7, 11) is 2.19. The highest BCUT2D eigenvalue weighted by molar-refractivity contribution is 5.48. The molecule has 0 bridgehead atoms. The number of benzene rings is 1. The molecule has 0 aromatic heterocycles. The Kier molecular flexibility index (Phi) is 4.65. The molecule has 100 valence electrons. The van der Waals surface area contributed by atoms with Crippen molar-refractivity contribution in [2.45, 2.75) is 45.1 Å². The molecule has 0 heterocycles. The lowest BCUT2D eigenvalue weighted by atomic mass is 9.96. The molecule has 1 saturated carbocycles. The van der Waals surface area contributed by atoms with Crippen molar-refractivity contribution < 1.29 is 0 Å². The monoisotopic (exact) mass is 246 g/mol. The summed E-state index contributed by atoms with van der Waals surface area (Å²) in [6.07, 6.45) is 6.55. The lowest BCUT2D eigenvalue weighted by molar-refractivity contribution is 0.422. The fraction of sp³-hybridized carbons (Fsp3) is 0.625. The van der Waals surface area contributed by atoms with E-state index in [2.05, 4.69) is 43.1 Å². The molecule has 1 fully saturated rings. The predicted molar refractivity (Wildman–Crippen MR) is 79.0 cm³/mol. The topological polar surface area (TPSA) is 29.3 Å². The van der Waals surface area contributed by atoms with Crippen molar-refractivity contribution in [3.05, 3.63) is 29.8 Å². The van der Waals surface area contributed by atoms with Gasteiger partial charge in [-0.05, 0) is 42.9 Å². The van der Waals surface area contributed by atoms with Crippen LogP contribution in [0.1, 0.15) is 38.2 Å². The summed E-state index contributed by atoms with van der Waals surface area (Å²) in [5.41, 5.74) is 8.71. The second kappa shape index (κ2) is 6.24. The second-order valence-electron chi connectivity index (χ2n) is 5.48. The second-order valence-corrected chi connectivity index (χ2v) is 5.48. The van der Waals surface area contributed by atoms with Gasteiger partial charge in [0, 0.05) is 25.3 Å². The summed E-state index contributed by atoms with van der Waals surface area (Å²) in [5, 5.41) is 0. The first-order valence-electron chi connectivity index (χ1n) is 7.28. The number of likely N-dealkylation sites (N-methyl/N-ethyl adjacent to an activating group) is 1. The Hall–Kier alpha value is -1.02. The molecule has 0 radical (unpaired) electrons. The van der Waals surface area contributed by atoms with Crippen molar-refractivity contribution in [1.29, 1.82) is 0 Å². The standard InChI is InChI=1S/C16H26N2/c1-3-13-8-10-15(11-9-13)18(2)16(12-17)14-6-4-5-7-14/h8-11,14,16H,3-7,12,17H2,1-2H3. The molecule has 2 N–H and O–H groups in total. The first-order chi connectivity index (χ1) is 8.76. The molecule has 0 aliphatic heterocycles. The van der Waals surface area contributed by atoms with Crippen molar-refractivity contribution in [1.82, 2.24) is 0 Å². The van der Waals surface area contributed by atoms with Crippen LogP contribution in [0.15, 0.2) is 24.3 Å². The summed E-state index contributed by atoms with van der Waals surface area (Å²) in [4.78, 5) is 2.38. The van der Waals surface area contributed by atoms with Gasteiger partial charge in [-0.1, -0.05) is 31.9 Å². The molecule has 1 unspecified atom stereocenters. The van der Waals surface area contributed by atoms with E-state index in [1.54, 1.807) is 0 Å². The number of hydrogen-bond donors (Lipinski definition) is 1. The molecule has 2 nitrogen and oxygen atoms in total. The lowest BCUT2D eigenvalue weighted by Gasteiger charge is -2.33. The first-order valence-corrected chi connectivity index (χ1v) is 7.28. The Morgan fingerprint density at radius 3 is 2.33 bits per heavy atom. The highest BCUT2D eigenvalue weighted by Gasteiger charge is 2.27. The van der Waals surface area contributed by atoms with E-state index in [0.29, 0.717) is 6.04 Å². The van der Waals surface area contributed by atoms with E-state index in [1.807, 2.05) is 0 Å². The van der Waals surface area contributed by atoms with Crippen LogP contribution in [0.4, 0.5) is 5.69 Å². The minimum atomic E-state index is 0.500. The van der Waals surface area contributed by atoms with Crippen LogP contribution in [0.3, 0.4) is 0 Å². The zero-order valence-corrected chi connectivity index (χ0v) is 11.7. The molecule has 0 amide bonds. The van der Waals surface area contributed by atoms with Gasteiger partial charge in [0.25, 0.3) is 0 Å². The fourth-order valence-corrected chi connectivity index (χ4v) is 3.17. The van der Waals surface area contributed by atoms with Gasteiger partial charge < -0.3 is 10.6 Å². The Labute approximate surface area is 111 Å². The van der Waals surface area contributed by atoms with E-state index in [4.69, 9.17) is 5.73 Å². The normalized spacial score (nSPS) is 17.9. The number of rotatable bonds is 5. The average molecular weight is 246 g/mol. The maximum Gasteiger partial charge on any atom is 0.0437 e. The van der Waals surface area contributed by atoms with Crippen molar-refractivity contribution >= 4 is 5.69 Å². The van der Waals surface area contributed by atoms with Gasteiger partial charge in [0.15, 0.2) is 0 Å². The van der Waals surface area contributed by atoms with Gasteiger partial charge in [-0.15, -0.1) is 0 Å². The third kappa shape index (κ3) is 2.86. The smallest absolute Gasteiger partial charge is 0.0437 e. The highest BCUT2D eigenvalue weighted by Crippen LogP contribution is 2.31. The highest BCUT2D eigenvalue weighted by atomic mass is 15.1. The van der Waals surface area contributed by atoms with Gasteiger partial charge >= 0.3 is 0 Å². The summed E-state index contributed by atoms with van der Waals surface area (Å²) < 4.78 is 0. The fourth-order valence-electron chi connectivity index (χ4n) is 3.17. The van der Waals surface area contributed by atoms with Gasteiger partial charge in [-0.2, -0.15) is 0 Å². The number of hydrogen-bond acceptors (Lipinski definition) is 2. The third-order valence-corrected chi connectivity index (χ3v) is 4.43. The van der Waals surface area contributed by atoms with Crippen LogP contribution < -0.4 is 10.6 Å². The number of anilines is 1. The van der Waals surface area contributed by atoms with Gasteiger partial charge in [0.1, 0.15) is 0 Å². The molecule has 2 heteroatoms. The maximum atomic E-state index is 6.01. The minimum absolute atomic E-state index is 0.500. The van der Waals surface area contributed by atoms with Crippen molar-refractivity contribution in [2.75, 3.05) is 18.5 Å². The van der Waals surface area contributed by atoms with Crippen molar-refractivity contribution in [2.24, 2.45) is 11.7 Å². The van der Waals surface area contributed by atoms with Crippen molar-refractivity contribution in [3.63, 3.8) is 0 Å². The molecule has 0 spiro atoms. The van der Waals surface area contributed by atoms with Crippen molar-refractivity contribution in [3.8, 4) is 0 Å². The molecular weight excluding hydrogens is 220 g/mol. The van der Waals surface area contributed by atoms with Gasteiger partial charge in [-0.3, -0.25) is 0 Å². The Morgan fingerprint density at radius 1 is 1.22 bits per heavy atom. The minimum Gasteiger partial charge on any atom is -0.370 e. The average Bonchev–Trinajstić information content (AvgIpc) is 2.93.